The summed E-state index contributed by atoms with van der Waals surface area (Å²) in [5.74, 6) is 0.913. The number of unbranched alkanes of at least 4 members (excludes halogenated alkanes) is 1. The Kier molecular flexibility index (Phi) is 6.48. The normalized spacial score (nSPS) is 10.4. The zero-order valence-electron chi connectivity index (χ0n) is 13.5. The second-order valence-electron chi connectivity index (χ2n) is 5.27. The second-order valence-corrected chi connectivity index (χ2v) is 5.54. The topological polar surface area (TPSA) is 35.5 Å². The second kappa shape index (κ2) is 8.59. The van der Waals surface area contributed by atoms with Crippen LogP contribution in [0, 0.1) is 0 Å². The molecule has 2 rings (SSSR count). The summed E-state index contributed by atoms with van der Waals surface area (Å²) >= 11 is 5.99. The van der Waals surface area contributed by atoms with Crippen LogP contribution in [0.4, 0.5) is 0 Å². The van der Waals surface area contributed by atoms with Gasteiger partial charge in [0.25, 0.3) is 0 Å². The first-order chi connectivity index (χ1) is 11.2. The van der Waals surface area contributed by atoms with Crippen molar-refractivity contribution in [3.05, 3.63) is 53.6 Å². The molecule has 0 aliphatic rings. The molecule has 0 heterocycles. The minimum Gasteiger partial charge on any atom is -0.494 e. The standard InChI is InChI=1S/C19H21ClO3/c1-3-4-9-23-18-11-14(13-20)10-17(12-18)15-5-7-16(8-6-15)19(21)22-2/h5-8,10-12H,3-4,9,13H2,1-2H3. The van der Waals surface area contributed by atoms with Crippen molar-refractivity contribution >= 4 is 17.6 Å². The van der Waals surface area contributed by atoms with Crippen molar-refractivity contribution in [3.63, 3.8) is 0 Å². The van der Waals surface area contributed by atoms with Crippen molar-refractivity contribution < 1.29 is 14.3 Å². The summed E-state index contributed by atoms with van der Waals surface area (Å²) in [5.41, 5.74) is 3.56. The third kappa shape index (κ3) is 4.73. The van der Waals surface area contributed by atoms with Crippen LogP contribution in [0.25, 0.3) is 11.1 Å². The summed E-state index contributed by atoms with van der Waals surface area (Å²) in [5, 5.41) is 0. The van der Waals surface area contributed by atoms with Gasteiger partial charge in [-0.3, -0.25) is 0 Å². The van der Waals surface area contributed by atoms with Crippen LogP contribution in [-0.4, -0.2) is 19.7 Å². The Labute approximate surface area is 142 Å². The Hall–Kier alpha value is -2.00. The summed E-state index contributed by atoms with van der Waals surface area (Å²) in [6.45, 7) is 2.83. The van der Waals surface area contributed by atoms with E-state index in [0.29, 0.717) is 18.1 Å². The van der Waals surface area contributed by atoms with Gasteiger partial charge in [-0.25, -0.2) is 4.79 Å². The fraction of sp³-hybridized carbons (Fsp3) is 0.316. The summed E-state index contributed by atoms with van der Waals surface area (Å²) < 4.78 is 10.5. The SMILES string of the molecule is CCCCOc1cc(CCl)cc(-c2ccc(C(=O)OC)cc2)c1. The van der Waals surface area contributed by atoms with Gasteiger partial charge < -0.3 is 9.47 Å². The van der Waals surface area contributed by atoms with E-state index in [1.165, 1.54) is 7.11 Å². The summed E-state index contributed by atoms with van der Waals surface area (Å²) in [6, 6.07) is 13.3. The van der Waals surface area contributed by atoms with E-state index in [4.69, 9.17) is 21.1 Å². The number of benzene rings is 2. The molecule has 0 unspecified atom stereocenters. The Morgan fingerprint density at radius 1 is 1.09 bits per heavy atom. The predicted molar refractivity (Wildman–Crippen MR) is 93.2 cm³/mol. The molecule has 23 heavy (non-hydrogen) atoms. The molecule has 3 nitrogen and oxygen atoms in total. The summed E-state index contributed by atoms with van der Waals surface area (Å²) in [7, 11) is 1.38. The van der Waals surface area contributed by atoms with Crippen molar-refractivity contribution in [1.82, 2.24) is 0 Å². The molecule has 0 amide bonds. The first-order valence-electron chi connectivity index (χ1n) is 7.69. The van der Waals surface area contributed by atoms with E-state index in [2.05, 4.69) is 6.92 Å². The first kappa shape index (κ1) is 17.4. The lowest BCUT2D eigenvalue weighted by molar-refractivity contribution is 0.0601. The zero-order chi connectivity index (χ0) is 16.7. The molecule has 0 aliphatic heterocycles. The van der Waals surface area contributed by atoms with E-state index >= 15 is 0 Å². The van der Waals surface area contributed by atoms with Gasteiger partial charge in [0.15, 0.2) is 0 Å². The summed E-state index contributed by atoms with van der Waals surface area (Å²) in [6.07, 6.45) is 2.12. The monoisotopic (exact) mass is 332 g/mol. The fourth-order valence-corrected chi connectivity index (χ4v) is 2.39. The molecule has 2 aromatic carbocycles. The van der Waals surface area contributed by atoms with Gasteiger partial charge >= 0.3 is 5.97 Å². The highest BCUT2D eigenvalue weighted by Gasteiger charge is 2.07. The number of esters is 1. The van der Waals surface area contributed by atoms with Crippen LogP contribution in [-0.2, 0) is 10.6 Å². The molecule has 0 atom stereocenters. The number of rotatable bonds is 7. The fourth-order valence-electron chi connectivity index (χ4n) is 2.24. The van der Waals surface area contributed by atoms with Crippen LogP contribution in [0.2, 0.25) is 0 Å². The van der Waals surface area contributed by atoms with Crippen molar-refractivity contribution in [2.45, 2.75) is 25.6 Å². The Balaban J connectivity index is 2.26. The smallest absolute Gasteiger partial charge is 0.337 e. The average Bonchev–Trinajstić information content (AvgIpc) is 2.61. The van der Waals surface area contributed by atoms with Gasteiger partial charge in [-0.15, -0.1) is 11.6 Å². The highest BCUT2D eigenvalue weighted by Crippen LogP contribution is 2.27. The van der Waals surface area contributed by atoms with E-state index in [0.717, 1.165) is 35.3 Å². The van der Waals surface area contributed by atoms with Gasteiger partial charge in [0, 0.05) is 5.88 Å². The number of halogens is 1. The van der Waals surface area contributed by atoms with Crippen LogP contribution in [0.5, 0.6) is 5.75 Å². The minimum atomic E-state index is -0.338. The third-order valence-corrected chi connectivity index (χ3v) is 3.84. The van der Waals surface area contributed by atoms with E-state index in [1.54, 1.807) is 12.1 Å². The number of carbonyl (C=O) groups excluding carboxylic acids is 1. The summed E-state index contributed by atoms with van der Waals surface area (Å²) in [4.78, 5) is 11.5. The minimum absolute atomic E-state index is 0.338. The molecule has 0 bridgehead atoms. The number of hydrogen-bond donors (Lipinski definition) is 0. The van der Waals surface area contributed by atoms with E-state index < -0.39 is 0 Å². The van der Waals surface area contributed by atoms with Crippen LogP contribution in [0.15, 0.2) is 42.5 Å². The zero-order valence-corrected chi connectivity index (χ0v) is 14.2. The molecule has 0 saturated heterocycles. The number of methoxy groups -OCH3 is 1. The van der Waals surface area contributed by atoms with Gasteiger partial charge in [-0.2, -0.15) is 0 Å². The Bertz CT molecular complexity index is 650. The molecule has 0 spiro atoms. The number of alkyl halides is 1. The Morgan fingerprint density at radius 2 is 1.83 bits per heavy atom. The molecule has 0 N–H and O–H groups in total. The molecule has 2 aromatic rings. The number of hydrogen-bond acceptors (Lipinski definition) is 3. The van der Waals surface area contributed by atoms with Crippen LogP contribution in [0.3, 0.4) is 0 Å². The van der Waals surface area contributed by atoms with Gasteiger partial charge in [-0.05, 0) is 53.4 Å². The van der Waals surface area contributed by atoms with E-state index in [9.17, 15) is 4.79 Å². The molecule has 0 aliphatic carbocycles. The largest absolute Gasteiger partial charge is 0.494 e. The Morgan fingerprint density at radius 3 is 2.43 bits per heavy atom. The van der Waals surface area contributed by atoms with Crippen molar-refractivity contribution in [1.29, 1.82) is 0 Å². The maximum absolute atomic E-state index is 11.5. The van der Waals surface area contributed by atoms with Crippen molar-refractivity contribution in [2.75, 3.05) is 13.7 Å². The predicted octanol–water partition coefficient (Wildman–Crippen LogP) is 5.06. The average molecular weight is 333 g/mol. The molecule has 122 valence electrons. The molecule has 4 heteroatoms. The van der Waals surface area contributed by atoms with Gasteiger partial charge in [0.2, 0.25) is 0 Å². The van der Waals surface area contributed by atoms with Gasteiger partial charge in [-0.1, -0.05) is 25.5 Å². The molecular weight excluding hydrogens is 312 g/mol. The van der Waals surface area contributed by atoms with Crippen LogP contribution < -0.4 is 4.74 Å². The quantitative estimate of drug-likeness (QED) is 0.404. The lowest BCUT2D eigenvalue weighted by Crippen LogP contribution is -2.00. The number of ether oxygens (including phenoxy) is 2. The highest BCUT2D eigenvalue weighted by atomic mass is 35.5. The van der Waals surface area contributed by atoms with Crippen molar-refractivity contribution in [2.24, 2.45) is 0 Å². The highest BCUT2D eigenvalue weighted by molar-refractivity contribution is 6.17. The van der Waals surface area contributed by atoms with E-state index in [-0.39, 0.29) is 5.97 Å². The van der Waals surface area contributed by atoms with Crippen LogP contribution >= 0.6 is 11.6 Å². The third-order valence-electron chi connectivity index (χ3n) is 3.53. The van der Waals surface area contributed by atoms with E-state index in [1.807, 2.05) is 30.3 Å². The molecule has 0 saturated carbocycles. The number of carbonyl (C=O) groups is 1. The molecule has 0 aromatic heterocycles. The maximum Gasteiger partial charge on any atom is 0.337 e. The molecule has 0 fully saturated rings. The molecule has 0 radical (unpaired) electrons. The molecular formula is C19H21ClO3. The lowest BCUT2D eigenvalue weighted by Gasteiger charge is -2.11. The first-order valence-corrected chi connectivity index (χ1v) is 8.23. The van der Waals surface area contributed by atoms with Crippen LogP contribution in [0.1, 0.15) is 35.7 Å². The van der Waals surface area contributed by atoms with Gasteiger partial charge in [0.1, 0.15) is 5.75 Å². The van der Waals surface area contributed by atoms with Crippen molar-refractivity contribution in [3.8, 4) is 16.9 Å². The lowest BCUT2D eigenvalue weighted by atomic mass is 10.0. The maximum atomic E-state index is 11.5. The van der Waals surface area contributed by atoms with Gasteiger partial charge in [0.05, 0.1) is 19.3 Å².